The number of furan rings is 1. The number of halogens is 2. The van der Waals surface area contributed by atoms with Gasteiger partial charge >= 0.3 is 5.97 Å². The minimum Gasteiger partial charge on any atom is -0.463 e. The van der Waals surface area contributed by atoms with Crippen LogP contribution in [0.15, 0.2) is 58.0 Å². The zero-order valence-electron chi connectivity index (χ0n) is 14.7. The molecule has 138 valence electrons. The van der Waals surface area contributed by atoms with Crippen LogP contribution in [0.25, 0.3) is 10.5 Å². The van der Waals surface area contributed by atoms with Crippen LogP contribution in [-0.4, -0.2) is 12.6 Å². The number of hydrogen-bond donors (Lipinski definition) is 1. The van der Waals surface area contributed by atoms with Crippen LogP contribution in [0.1, 0.15) is 31.1 Å². The molecule has 1 aliphatic heterocycles. The normalized spacial score (nSPS) is 16.8. The lowest BCUT2D eigenvalue weighted by Crippen LogP contribution is -2.28. The predicted octanol–water partition coefficient (Wildman–Crippen LogP) is 5.40. The minimum atomic E-state index is -0.701. The first-order valence-electron chi connectivity index (χ1n) is 8.23. The molecule has 1 atom stereocenters. The summed E-state index contributed by atoms with van der Waals surface area (Å²) in [5.74, 6) is -0.773. The molecular weight excluding hydrogens is 387 g/mol. The second-order valence-electron chi connectivity index (χ2n) is 5.83. The monoisotopic (exact) mass is 402 g/mol. The summed E-state index contributed by atoms with van der Waals surface area (Å²) in [5.41, 5.74) is 2.30. The SMILES string of the molecule is [C-]#[N+]C1=C(C)NC(c2ccco2)=C(C(=O)OCC)C1c1ccc(Cl)cc1Cl. The van der Waals surface area contributed by atoms with Crippen molar-refractivity contribution in [3.63, 3.8) is 0 Å². The van der Waals surface area contributed by atoms with Gasteiger partial charge in [0.05, 0.1) is 36.6 Å². The fraction of sp³-hybridized carbons (Fsp3) is 0.200. The maximum absolute atomic E-state index is 12.9. The van der Waals surface area contributed by atoms with Crippen LogP contribution >= 0.6 is 23.2 Å². The van der Waals surface area contributed by atoms with Crippen LogP contribution in [0, 0.1) is 6.57 Å². The molecule has 0 bridgehead atoms. The van der Waals surface area contributed by atoms with Crippen LogP contribution in [-0.2, 0) is 9.53 Å². The summed E-state index contributed by atoms with van der Waals surface area (Å²) in [6, 6.07) is 8.44. The Hall–Kier alpha value is -2.68. The van der Waals surface area contributed by atoms with E-state index in [-0.39, 0.29) is 12.2 Å². The Bertz CT molecular complexity index is 985. The van der Waals surface area contributed by atoms with Crippen molar-refractivity contribution >= 4 is 34.9 Å². The molecule has 2 heterocycles. The predicted molar refractivity (Wildman–Crippen MR) is 104 cm³/mol. The number of benzene rings is 1. The molecular formula is C20H16Cl2N2O3. The third-order valence-electron chi connectivity index (χ3n) is 4.19. The lowest BCUT2D eigenvalue weighted by Gasteiger charge is -2.29. The first-order valence-corrected chi connectivity index (χ1v) is 8.98. The highest BCUT2D eigenvalue weighted by atomic mass is 35.5. The molecule has 0 aliphatic carbocycles. The van der Waals surface area contributed by atoms with E-state index in [2.05, 4.69) is 10.2 Å². The lowest BCUT2D eigenvalue weighted by atomic mass is 9.83. The average Bonchev–Trinajstić information content (AvgIpc) is 3.15. The fourth-order valence-electron chi connectivity index (χ4n) is 3.05. The molecule has 5 nitrogen and oxygen atoms in total. The van der Waals surface area contributed by atoms with E-state index in [9.17, 15) is 4.79 Å². The first-order chi connectivity index (χ1) is 13.0. The van der Waals surface area contributed by atoms with Crippen LogP contribution in [0.4, 0.5) is 0 Å². The quantitative estimate of drug-likeness (QED) is 0.549. The zero-order valence-corrected chi connectivity index (χ0v) is 16.2. The third-order valence-corrected chi connectivity index (χ3v) is 4.75. The number of dihydropyridines is 1. The number of allylic oxidation sites excluding steroid dienone is 2. The van der Waals surface area contributed by atoms with E-state index >= 15 is 0 Å². The molecule has 0 radical (unpaired) electrons. The maximum Gasteiger partial charge on any atom is 0.335 e. The molecule has 2 aromatic rings. The van der Waals surface area contributed by atoms with E-state index in [0.29, 0.717) is 38.5 Å². The van der Waals surface area contributed by atoms with E-state index < -0.39 is 11.9 Å². The van der Waals surface area contributed by atoms with Crippen molar-refractivity contribution in [2.24, 2.45) is 0 Å². The number of hydrogen-bond acceptors (Lipinski definition) is 4. The Balaban J connectivity index is 2.30. The molecule has 0 fully saturated rings. The zero-order chi connectivity index (χ0) is 19.6. The molecule has 1 unspecified atom stereocenters. The summed E-state index contributed by atoms with van der Waals surface area (Å²) >= 11 is 12.4. The summed E-state index contributed by atoms with van der Waals surface area (Å²) in [7, 11) is 0. The molecule has 1 aromatic heterocycles. The molecule has 1 N–H and O–H groups in total. The van der Waals surface area contributed by atoms with Crippen molar-refractivity contribution in [3.8, 4) is 0 Å². The Labute approximate surface area is 167 Å². The summed E-state index contributed by atoms with van der Waals surface area (Å²) in [4.78, 5) is 16.5. The number of nitrogens with one attached hydrogen (secondary N) is 1. The van der Waals surface area contributed by atoms with E-state index in [1.54, 1.807) is 44.2 Å². The number of nitrogens with zero attached hydrogens (tertiary/aromatic N) is 1. The average molecular weight is 403 g/mol. The topological polar surface area (TPSA) is 55.8 Å². The van der Waals surface area contributed by atoms with E-state index in [0.717, 1.165) is 0 Å². The summed E-state index contributed by atoms with van der Waals surface area (Å²) < 4.78 is 10.8. The molecule has 0 spiro atoms. The van der Waals surface area contributed by atoms with Crippen molar-refractivity contribution in [1.29, 1.82) is 0 Å². The van der Waals surface area contributed by atoms with Gasteiger partial charge in [-0.05, 0) is 43.7 Å². The number of rotatable bonds is 4. The second-order valence-corrected chi connectivity index (χ2v) is 6.68. The largest absolute Gasteiger partial charge is 0.463 e. The van der Waals surface area contributed by atoms with E-state index in [1.807, 2.05) is 0 Å². The Morgan fingerprint density at radius 1 is 1.37 bits per heavy atom. The fourth-order valence-corrected chi connectivity index (χ4v) is 3.56. The molecule has 1 aliphatic rings. The highest BCUT2D eigenvalue weighted by Crippen LogP contribution is 2.44. The molecule has 3 rings (SSSR count). The van der Waals surface area contributed by atoms with Crippen LogP contribution in [0.5, 0.6) is 0 Å². The van der Waals surface area contributed by atoms with Gasteiger partial charge in [-0.2, -0.15) is 0 Å². The lowest BCUT2D eigenvalue weighted by molar-refractivity contribution is -0.138. The van der Waals surface area contributed by atoms with Gasteiger partial charge in [0.15, 0.2) is 11.5 Å². The molecule has 0 saturated heterocycles. The number of carbonyl (C=O) groups excluding carboxylic acids is 1. The molecule has 27 heavy (non-hydrogen) atoms. The van der Waals surface area contributed by atoms with Gasteiger partial charge in [0.2, 0.25) is 0 Å². The summed E-state index contributed by atoms with van der Waals surface area (Å²) in [6.45, 7) is 11.4. The number of carbonyl (C=O) groups is 1. The maximum atomic E-state index is 12.9. The highest BCUT2D eigenvalue weighted by Gasteiger charge is 2.38. The van der Waals surface area contributed by atoms with Gasteiger partial charge < -0.3 is 14.5 Å². The molecule has 7 heteroatoms. The standard InChI is InChI=1S/C20H16Cl2N2O3/c1-4-26-20(25)17-16(13-8-7-12(21)10-14(13)22)18(23-3)11(2)24-19(17)15-6-5-9-27-15/h5-10,16,24H,4H2,1-2H3. The number of esters is 1. The van der Waals surface area contributed by atoms with Crippen LogP contribution in [0.3, 0.4) is 0 Å². The van der Waals surface area contributed by atoms with Gasteiger partial charge in [0.1, 0.15) is 0 Å². The van der Waals surface area contributed by atoms with Crippen molar-refractivity contribution in [2.75, 3.05) is 6.61 Å². The van der Waals surface area contributed by atoms with Crippen molar-refractivity contribution in [2.45, 2.75) is 19.8 Å². The van der Waals surface area contributed by atoms with E-state index in [1.165, 1.54) is 6.26 Å². The van der Waals surface area contributed by atoms with Gasteiger partial charge in [-0.25, -0.2) is 9.64 Å². The molecule has 0 saturated carbocycles. The van der Waals surface area contributed by atoms with Gasteiger partial charge in [-0.15, -0.1) is 0 Å². The summed E-state index contributed by atoms with van der Waals surface area (Å²) in [5, 5.41) is 3.95. The number of ether oxygens (including phenoxy) is 1. The Morgan fingerprint density at radius 2 is 2.15 bits per heavy atom. The van der Waals surface area contributed by atoms with Gasteiger partial charge in [0.25, 0.3) is 0 Å². The second kappa shape index (κ2) is 7.91. The Morgan fingerprint density at radius 3 is 2.74 bits per heavy atom. The third kappa shape index (κ3) is 3.59. The van der Waals surface area contributed by atoms with Gasteiger partial charge in [0, 0.05) is 15.7 Å². The van der Waals surface area contributed by atoms with Crippen molar-refractivity contribution in [3.05, 3.63) is 86.3 Å². The Kier molecular flexibility index (Phi) is 5.59. The highest BCUT2D eigenvalue weighted by molar-refractivity contribution is 6.35. The first kappa shape index (κ1) is 19.1. The van der Waals surface area contributed by atoms with Gasteiger partial charge in [-0.3, -0.25) is 0 Å². The molecule has 1 aromatic carbocycles. The van der Waals surface area contributed by atoms with Crippen LogP contribution in [0.2, 0.25) is 10.0 Å². The molecule has 0 amide bonds. The minimum absolute atomic E-state index is 0.199. The van der Waals surface area contributed by atoms with Crippen molar-refractivity contribution < 1.29 is 13.9 Å². The van der Waals surface area contributed by atoms with E-state index in [4.69, 9.17) is 38.9 Å². The smallest absolute Gasteiger partial charge is 0.335 e. The van der Waals surface area contributed by atoms with Crippen LogP contribution < -0.4 is 5.32 Å². The van der Waals surface area contributed by atoms with Gasteiger partial charge in [-0.1, -0.05) is 29.3 Å². The van der Waals surface area contributed by atoms with Crippen molar-refractivity contribution in [1.82, 2.24) is 5.32 Å². The summed E-state index contributed by atoms with van der Waals surface area (Å²) in [6.07, 6.45) is 1.51.